The second kappa shape index (κ2) is 8.41. The van der Waals surface area contributed by atoms with Crippen molar-refractivity contribution >= 4 is 15.7 Å². The smallest absolute Gasteiger partial charge is 0.237 e. The first-order valence-electron chi connectivity index (χ1n) is 10.5. The maximum absolute atomic E-state index is 13.4. The fraction of sp³-hybridized carbons (Fsp3) is 0.667. The number of fused-ring (bicyclic) bond motifs is 1. The zero-order valence-corrected chi connectivity index (χ0v) is 17.2. The molecule has 0 bridgehead atoms. The number of hydrogen-bond acceptors (Lipinski definition) is 5. The highest BCUT2D eigenvalue weighted by Crippen LogP contribution is 2.29. The average Bonchev–Trinajstić information content (AvgIpc) is 2.91. The van der Waals surface area contributed by atoms with E-state index in [0.717, 1.165) is 37.0 Å². The Bertz CT molecular complexity index is 804. The van der Waals surface area contributed by atoms with E-state index in [4.69, 9.17) is 4.74 Å². The van der Waals surface area contributed by atoms with Crippen molar-refractivity contribution in [2.75, 3.05) is 31.2 Å². The molecule has 2 heterocycles. The van der Waals surface area contributed by atoms with Crippen LogP contribution in [0.3, 0.4) is 0 Å². The van der Waals surface area contributed by atoms with E-state index < -0.39 is 9.84 Å². The first-order valence-corrected chi connectivity index (χ1v) is 12.3. The molecule has 1 saturated heterocycles. The van der Waals surface area contributed by atoms with Gasteiger partial charge in [0.15, 0.2) is 9.84 Å². The molecular formula is C21H30N2O4S. The predicted molar refractivity (Wildman–Crippen MR) is 108 cm³/mol. The third-order valence-electron chi connectivity index (χ3n) is 6.25. The third kappa shape index (κ3) is 4.51. The number of rotatable bonds is 4. The minimum Gasteiger partial charge on any atom is -0.492 e. The first kappa shape index (κ1) is 19.7. The summed E-state index contributed by atoms with van der Waals surface area (Å²) in [6, 6.07) is 8.00. The Morgan fingerprint density at radius 1 is 1.11 bits per heavy atom. The number of nitrogens with zero attached hydrogens (tertiary/aromatic N) is 2. The van der Waals surface area contributed by atoms with E-state index in [9.17, 15) is 13.2 Å². The summed E-state index contributed by atoms with van der Waals surface area (Å²) in [7, 11) is -3.02. The summed E-state index contributed by atoms with van der Waals surface area (Å²) in [6.45, 7) is 2.27. The van der Waals surface area contributed by atoms with Gasteiger partial charge in [0, 0.05) is 30.7 Å². The lowest BCUT2D eigenvalue weighted by atomic mass is 9.92. The summed E-state index contributed by atoms with van der Waals surface area (Å²) in [5.41, 5.74) is 1.10. The molecule has 7 heteroatoms. The largest absolute Gasteiger partial charge is 0.492 e. The average molecular weight is 407 g/mol. The van der Waals surface area contributed by atoms with Crippen molar-refractivity contribution in [1.82, 2.24) is 9.80 Å². The number of para-hydroxylation sites is 1. The Kier molecular flexibility index (Phi) is 5.92. The van der Waals surface area contributed by atoms with Crippen LogP contribution in [-0.4, -0.2) is 67.4 Å². The molecule has 2 fully saturated rings. The van der Waals surface area contributed by atoms with Crippen molar-refractivity contribution in [1.29, 1.82) is 0 Å². The molecule has 0 N–H and O–H groups in total. The molecule has 2 aliphatic heterocycles. The second-order valence-electron chi connectivity index (χ2n) is 8.32. The topological polar surface area (TPSA) is 66.9 Å². The number of amides is 1. The van der Waals surface area contributed by atoms with Gasteiger partial charge in [-0.15, -0.1) is 0 Å². The maximum Gasteiger partial charge on any atom is 0.237 e. The summed E-state index contributed by atoms with van der Waals surface area (Å²) in [5.74, 6) is 1.30. The fourth-order valence-electron chi connectivity index (χ4n) is 4.85. The molecule has 1 aliphatic carbocycles. The quantitative estimate of drug-likeness (QED) is 0.767. The Hall–Kier alpha value is -1.60. The van der Waals surface area contributed by atoms with Crippen LogP contribution in [-0.2, 0) is 21.2 Å². The van der Waals surface area contributed by atoms with Crippen molar-refractivity contribution in [3.05, 3.63) is 29.8 Å². The molecule has 1 amide bonds. The molecule has 0 aromatic heterocycles. The molecule has 4 rings (SSSR count). The highest BCUT2D eigenvalue weighted by molar-refractivity contribution is 7.91. The van der Waals surface area contributed by atoms with Crippen molar-refractivity contribution < 1.29 is 17.9 Å². The van der Waals surface area contributed by atoms with Crippen LogP contribution in [0.5, 0.6) is 5.75 Å². The highest BCUT2D eigenvalue weighted by atomic mass is 32.2. The Morgan fingerprint density at radius 3 is 2.64 bits per heavy atom. The molecule has 28 heavy (non-hydrogen) atoms. The van der Waals surface area contributed by atoms with Crippen molar-refractivity contribution in [2.45, 2.75) is 57.2 Å². The molecule has 3 aliphatic rings. The first-order chi connectivity index (χ1) is 13.5. The SMILES string of the molecule is O=C(CN1CCOc2ccccc2C1)N(C1CCCCC1)C1CCS(=O)(=O)C1. The van der Waals surface area contributed by atoms with Gasteiger partial charge in [-0.3, -0.25) is 9.69 Å². The van der Waals surface area contributed by atoms with Gasteiger partial charge in [0.1, 0.15) is 12.4 Å². The van der Waals surface area contributed by atoms with Gasteiger partial charge in [-0.2, -0.15) is 0 Å². The van der Waals surface area contributed by atoms with E-state index in [-0.39, 0.29) is 29.5 Å². The van der Waals surface area contributed by atoms with Crippen LogP contribution in [0.1, 0.15) is 44.1 Å². The minimum absolute atomic E-state index is 0.0772. The molecule has 1 saturated carbocycles. The summed E-state index contributed by atoms with van der Waals surface area (Å²) >= 11 is 0. The lowest BCUT2D eigenvalue weighted by Gasteiger charge is -2.39. The standard InChI is InChI=1S/C21H30N2O4S/c24-21(15-22-11-12-27-20-9-5-4-6-17(20)14-22)23(18-7-2-1-3-8-18)19-10-13-28(25,26)16-19/h4-6,9,18-19H,1-3,7-8,10-16H2. The van der Waals surface area contributed by atoms with Gasteiger partial charge >= 0.3 is 0 Å². The fourth-order valence-corrected chi connectivity index (χ4v) is 6.56. The number of carbonyl (C=O) groups excluding carboxylic acids is 1. The number of benzene rings is 1. The van der Waals surface area contributed by atoms with Gasteiger partial charge in [0.2, 0.25) is 5.91 Å². The molecule has 1 atom stereocenters. The maximum atomic E-state index is 13.4. The number of hydrogen-bond donors (Lipinski definition) is 0. The molecule has 1 aromatic carbocycles. The van der Waals surface area contributed by atoms with Crippen LogP contribution >= 0.6 is 0 Å². The van der Waals surface area contributed by atoms with Gasteiger partial charge in [-0.05, 0) is 25.3 Å². The van der Waals surface area contributed by atoms with Crippen molar-refractivity contribution in [2.24, 2.45) is 0 Å². The summed E-state index contributed by atoms with van der Waals surface area (Å²) < 4.78 is 29.9. The molecule has 0 spiro atoms. The molecule has 154 valence electrons. The van der Waals surface area contributed by atoms with Crippen LogP contribution in [0.2, 0.25) is 0 Å². The molecule has 0 radical (unpaired) electrons. The summed E-state index contributed by atoms with van der Waals surface area (Å²) in [6.07, 6.45) is 6.03. The molecule has 6 nitrogen and oxygen atoms in total. The second-order valence-corrected chi connectivity index (χ2v) is 10.5. The Labute approximate surface area is 167 Å². The van der Waals surface area contributed by atoms with Gasteiger partial charge in [-0.25, -0.2) is 8.42 Å². The normalized spacial score (nSPS) is 25.5. The number of ether oxygens (including phenoxy) is 1. The molecule has 1 unspecified atom stereocenters. The van der Waals surface area contributed by atoms with Gasteiger partial charge in [0.05, 0.1) is 18.1 Å². The van der Waals surface area contributed by atoms with Crippen LogP contribution in [0.4, 0.5) is 0 Å². The van der Waals surface area contributed by atoms with Crippen molar-refractivity contribution in [3.8, 4) is 5.75 Å². The monoisotopic (exact) mass is 406 g/mol. The zero-order valence-electron chi connectivity index (χ0n) is 16.4. The van der Waals surface area contributed by atoms with Gasteiger partial charge in [-0.1, -0.05) is 37.5 Å². The summed E-state index contributed by atoms with van der Waals surface area (Å²) in [5, 5.41) is 0. The predicted octanol–water partition coefficient (Wildman–Crippen LogP) is 2.23. The van der Waals surface area contributed by atoms with E-state index in [2.05, 4.69) is 4.90 Å². The van der Waals surface area contributed by atoms with Crippen molar-refractivity contribution in [3.63, 3.8) is 0 Å². The van der Waals surface area contributed by atoms with E-state index in [1.54, 1.807) is 0 Å². The third-order valence-corrected chi connectivity index (χ3v) is 8.00. The van der Waals surface area contributed by atoms with E-state index in [0.29, 0.717) is 32.7 Å². The highest BCUT2D eigenvalue weighted by Gasteiger charge is 2.38. The Balaban J connectivity index is 1.49. The van der Waals surface area contributed by atoms with E-state index in [1.807, 2.05) is 29.2 Å². The van der Waals surface area contributed by atoms with Crippen LogP contribution in [0.25, 0.3) is 0 Å². The van der Waals surface area contributed by atoms with E-state index >= 15 is 0 Å². The van der Waals surface area contributed by atoms with Crippen LogP contribution < -0.4 is 4.74 Å². The number of sulfone groups is 1. The minimum atomic E-state index is -3.02. The number of carbonyl (C=O) groups is 1. The van der Waals surface area contributed by atoms with Gasteiger partial charge < -0.3 is 9.64 Å². The molecular weight excluding hydrogens is 376 g/mol. The Morgan fingerprint density at radius 2 is 1.89 bits per heavy atom. The lowest BCUT2D eigenvalue weighted by Crippen LogP contribution is -2.52. The molecule has 1 aromatic rings. The van der Waals surface area contributed by atoms with Crippen LogP contribution in [0, 0.1) is 0 Å². The van der Waals surface area contributed by atoms with Crippen LogP contribution in [0.15, 0.2) is 24.3 Å². The lowest BCUT2D eigenvalue weighted by molar-refractivity contribution is -0.138. The zero-order chi connectivity index (χ0) is 19.6. The van der Waals surface area contributed by atoms with Gasteiger partial charge in [0.25, 0.3) is 0 Å². The van der Waals surface area contributed by atoms with E-state index in [1.165, 1.54) is 6.42 Å². The summed E-state index contributed by atoms with van der Waals surface area (Å²) in [4.78, 5) is 17.5.